The standard InChI is InChI=1S/C14H15NOS/c1-17-14-9-5-4-8-13(14)16-10-11-6-2-3-7-12(11)15/h2-9H,10,15H2,1H3. The largest absolute Gasteiger partial charge is 0.488 e. The van der Waals surface area contributed by atoms with Gasteiger partial charge in [0, 0.05) is 16.1 Å². The predicted octanol–water partition coefficient (Wildman–Crippen LogP) is 3.57. The van der Waals surface area contributed by atoms with Crippen LogP contribution in [0.5, 0.6) is 5.75 Å². The predicted molar refractivity (Wildman–Crippen MR) is 73.4 cm³/mol. The molecule has 2 aromatic carbocycles. The molecule has 0 amide bonds. The van der Waals surface area contributed by atoms with Crippen LogP contribution in [0, 0.1) is 0 Å². The Morgan fingerprint density at radius 2 is 1.76 bits per heavy atom. The van der Waals surface area contributed by atoms with Crippen LogP contribution < -0.4 is 10.5 Å². The number of nitrogen functional groups attached to an aromatic ring is 1. The van der Waals surface area contributed by atoms with Crippen molar-refractivity contribution in [1.82, 2.24) is 0 Å². The molecule has 0 atom stereocenters. The van der Waals surface area contributed by atoms with Crippen molar-refractivity contribution in [3.63, 3.8) is 0 Å². The van der Waals surface area contributed by atoms with E-state index in [4.69, 9.17) is 10.5 Å². The van der Waals surface area contributed by atoms with Crippen molar-refractivity contribution in [3.8, 4) is 5.75 Å². The molecule has 0 spiro atoms. The SMILES string of the molecule is CSc1ccccc1OCc1ccccc1N. The van der Waals surface area contributed by atoms with E-state index in [1.165, 1.54) is 0 Å². The number of thioether (sulfide) groups is 1. The highest BCUT2D eigenvalue weighted by Gasteiger charge is 2.03. The normalized spacial score (nSPS) is 10.2. The van der Waals surface area contributed by atoms with Crippen molar-refractivity contribution in [3.05, 3.63) is 54.1 Å². The quantitative estimate of drug-likeness (QED) is 0.660. The summed E-state index contributed by atoms with van der Waals surface area (Å²) in [7, 11) is 0. The van der Waals surface area contributed by atoms with Crippen LogP contribution in [0.25, 0.3) is 0 Å². The molecule has 0 aliphatic heterocycles. The molecule has 17 heavy (non-hydrogen) atoms. The van der Waals surface area contributed by atoms with E-state index in [2.05, 4.69) is 0 Å². The number of anilines is 1. The van der Waals surface area contributed by atoms with E-state index in [1.54, 1.807) is 11.8 Å². The minimum atomic E-state index is 0.504. The lowest BCUT2D eigenvalue weighted by molar-refractivity contribution is 0.299. The van der Waals surface area contributed by atoms with Crippen LogP contribution in [0.1, 0.15) is 5.56 Å². The van der Waals surface area contributed by atoms with Crippen molar-refractivity contribution in [2.75, 3.05) is 12.0 Å². The van der Waals surface area contributed by atoms with E-state index in [9.17, 15) is 0 Å². The smallest absolute Gasteiger partial charge is 0.133 e. The van der Waals surface area contributed by atoms with Crippen molar-refractivity contribution >= 4 is 17.4 Å². The zero-order valence-corrected chi connectivity index (χ0v) is 10.5. The molecule has 0 aromatic heterocycles. The van der Waals surface area contributed by atoms with Gasteiger partial charge in [0.05, 0.1) is 0 Å². The highest BCUT2D eigenvalue weighted by Crippen LogP contribution is 2.28. The van der Waals surface area contributed by atoms with Gasteiger partial charge in [0.1, 0.15) is 12.4 Å². The Labute approximate surface area is 106 Å². The van der Waals surface area contributed by atoms with Crippen molar-refractivity contribution in [2.24, 2.45) is 0 Å². The van der Waals surface area contributed by atoms with E-state index >= 15 is 0 Å². The zero-order valence-electron chi connectivity index (χ0n) is 9.72. The van der Waals surface area contributed by atoms with E-state index < -0.39 is 0 Å². The first-order valence-electron chi connectivity index (χ1n) is 5.40. The fourth-order valence-corrected chi connectivity index (χ4v) is 2.10. The summed E-state index contributed by atoms with van der Waals surface area (Å²) in [5.41, 5.74) is 7.66. The van der Waals surface area contributed by atoms with Crippen molar-refractivity contribution < 1.29 is 4.74 Å². The topological polar surface area (TPSA) is 35.2 Å². The monoisotopic (exact) mass is 245 g/mol. The molecule has 2 aromatic rings. The molecule has 0 radical (unpaired) electrons. The van der Waals surface area contributed by atoms with Crippen molar-refractivity contribution in [2.45, 2.75) is 11.5 Å². The lowest BCUT2D eigenvalue weighted by Gasteiger charge is -2.11. The summed E-state index contributed by atoms with van der Waals surface area (Å²) < 4.78 is 5.79. The number of ether oxygens (including phenoxy) is 1. The molecule has 0 unspecified atom stereocenters. The Balaban J connectivity index is 2.10. The number of nitrogens with two attached hydrogens (primary N) is 1. The molecule has 2 rings (SSSR count). The van der Waals surface area contributed by atoms with E-state index in [0.717, 1.165) is 21.9 Å². The van der Waals surface area contributed by atoms with Gasteiger partial charge in [-0.2, -0.15) is 0 Å². The number of para-hydroxylation sites is 2. The third-order valence-corrected chi connectivity index (χ3v) is 3.28. The molecule has 0 aliphatic rings. The number of hydrogen-bond donors (Lipinski definition) is 1. The summed E-state index contributed by atoms with van der Waals surface area (Å²) in [6.45, 7) is 0.504. The average molecular weight is 245 g/mol. The van der Waals surface area contributed by atoms with Gasteiger partial charge in [-0.15, -0.1) is 11.8 Å². The minimum absolute atomic E-state index is 0.504. The molecular formula is C14H15NOS. The highest BCUT2D eigenvalue weighted by molar-refractivity contribution is 7.98. The molecule has 3 heteroatoms. The van der Waals surface area contributed by atoms with Gasteiger partial charge >= 0.3 is 0 Å². The molecule has 0 heterocycles. The summed E-state index contributed by atoms with van der Waals surface area (Å²) in [6, 6.07) is 15.8. The van der Waals surface area contributed by atoms with Gasteiger partial charge in [-0.3, -0.25) is 0 Å². The van der Waals surface area contributed by atoms with Gasteiger partial charge in [0.25, 0.3) is 0 Å². The summed E-state index contributed by atoms with van der Waals surface area (Å²) in [6.07, 6.45) is 2.04. The maximum absolute atomic E-state index is 5.87. The first-order valence-corrected chi connectivity index (χ1v) is 6.63. The summed E-state index contributed by atoms with van der Waals surface area (Å²) in [5, 5.41) is 0. The molecule has 0 saturated heterocycles. The lowest BCUT2D eigenvalue weighted by Crippen LogP contribution is -2.00. The highest BCUT2D eigenvalue weighted by atomic mass is 32.2. The van der Waals surface area contributed by atoms with Gasteiger partial charge in [-0.1, -0.05) is 30.3 Å². The van der Waals surface area contributed by atoms with Crippen LogP contribution in [-0.2, 0) is 6.61 Å². The first kappa shape index (κ1) is 11.9. The van der Waals surface area contributed by atoms with E-state index in [0.29, 0.717) is 6.61 Å². The third-order valence-electron chi connectivity index (χ3n) is 2.51. The second kappa shape index (κ2) is 5.64. The van der Waals surface area contributed by atoms with Crippen LogP contribution in [0.3, 0.4) is 0 Å². The lowest BCUT2D eigenvalue weighted by atomic mass is 10.2. The van der Waals surface area contributed by atoms with E-state index in [-0.39, 0.29) is 0 Å². The van der Waals surface area contributed by atoms with Crippen LogP contribution in [0.2, 0.25) is 0 Å². The Morgan fingerprint density at radius 1 is 1.06 bits per heavy atom. The second-order valence-electron chi connectivity index (χ2n) is 3.64. The zero-order chi connectivity index (χ0) is 12.1. The number of rotatable bonds is 4. The van der Waals surface area contributed by atoms with Crippen LogP contribution >= 0.6 is 11.8 Å². The summed E-state index contributed by atoms with van der Waals surface area (Å²) in [4.78, 5) is 1.14. The van der Waals surface area contributed by atoms with Crippen LogP contribution in [0.4, 0.5) is 5.69 Å². The van der Waals surface area contributed by atoms with Gasteiger partial charge < -0.3 is 10.5 Å². The fourth-order valence-electron chi connectivity index (χ4n) is 1.56. The summed E-state index contributed by atoms with van der Waals surface area (Å²) >= 11 is 1.68. The van der Waals surface area contributed by atoms with Crippen LogP contribution in [-0.4, -0.2) is 6.26 Å². The molecule has 0 aliphatic carbocycles. The molecule has 2 nitrogen and oxygen atoms in total. The van der Waals surface area contributed by atoms with Gasteiger partial charge in [-0.25, -0.2) is 0 Å². The Morgan fingerprint density at radius 3 is 2.53 bits per heavy atom. The molecule has 2 N–H and O–H groups in total. The maximum atomic E-state index is 5.87. The number of benzene rings is 2. The number of hydrogen-bond acceptors (Lipinski definition) is 3. The summed E-state index contributed by atoms with van der Waals surface area (Å²) in [5.74, 6) is 0.906. The first-order chi connectivity index (χ1) is 8.31. The Bertz CT molecular complexity index is 499. The van der Waals surface area contributed by atoms with Crippen molar-refractivity contribution in [1.29, 1.82) is 0 Å². The average Bonchev–Trinajstić information content (AvgIpc) is 2.38. The molecular weight excluding hydrogens is 230 g/mol. The second-order valence-corrected chi connectivity index (χ2v) is 4.49. The molecule has 0 saturated carbocycles. The fraction of sp³-hybridized carbons (Fsp3) is 0.143. The molecule has 88 valence electrons. The van der Waals surface area contributed by atoms with Gasteiger partial charge in [0.15, 0.2) is 0 Å². The minimum Gasteiger partial charge on any atom is -0.488 e. The van der Waals surface area contributed by atoms with Gasteiger partial charge in [0.2, 0.25) is 0 Å². The Kier molecular flexibility index (Phi) is 3.94. The van der Waals surface area contributed by atoms with Crippen LogP contribution in [0.15, 0.2) is 53.4 Å². The van der Waals surface area contributed by atoms with Gasteiger partial charge in [-0.05, 0) is 24.5 Å². The molecule has 0 fully saturated rings. The molecule has 0 bridgehead atoms. The maximum Gasteiger partial charge on any atom is 0.133 e. The third kappa shape index (κ3) is 2.94. The Hall–Kier alpha value is -1.61. The van der Waals surface area contributed by atoms with E-state index in [1.807, 2.05) is 54.8 Å².